The number of aryl methyl sites for hydroxylation is 1. The molecule has 11 heteroatoms. The number of carbonyl (C=O) groups is 1. The molecule has 0 aliphatic rings. The average molecular weight is 379 g/mol. The highest BCUT2D eigenvalue weighted by molar-refractivity contribution is 6.33. The fourth-order valence-electron chi connectivity index (χ4n) is 2.37. The Morgan fingerprint density at radius 1 is 1.46 bits per heavy atom. The van der Waals surface area contributed by atoms with E-state index < -0.39 is 16.5 Å². The zero-order chi connectivity index (χ0) is 18.8. The highest BCUT2D eigenvalue weighted by atomic mass is 35.5. The molecule has 0 unspecified atom stereocenters. The minimum absolute atomic E-state index is 0.0311. The lowest BCUT2D eigenvalue weighted by Crippen LogP contribution is -2.18. The maximum atomic E-state index is 13.2. The average Bonchev–Trinajstić information content (AvgIpc) is 3.10. The van der Waals surface area contributed by atoms with E-state index in [1.165, 1.54) is 30.1 Å². The van der Waals surface area contributed by atoms with Gasteiger partial charge in [-0.3, -0.25) is 24.3 Å². The van der Waals surface area contributed by atoms with Gasteiger partial charge in [-0.05, 0) is 17.7 Å². The van der Waals surface area contributed by atoms with Gasteiger partial charge in [0.25, 0.3) is 5.91 Å². The fraction of sp³-hybridized carbons (Fsp3) is 0.133. The molecule has 0 atom stereocenters. The lowest BCUT2D eigenvalue weighted by atomic mass is 10.2. The Labute approximate surface area is 151 Å². The quantitative estimate of drug-likeness (QED) is 0.542. The number of carbonyl (C=O) groups excluding carboxylic acids is 1. The summed E-state index contributed by atoms with van der Waals surface area (Å²) in [7, 11) is 1.41. The van der Waals surface area contributed by atoms with Crippen LogP contribution in [0.5, 0.6) is 0 Å². The van der Waals surface area contributed by atoms with Gasteiger partial charge >= 0.3 is 5.69 Å². The van der Waals surface area contributed by atoms with Gasteiger partial charge in [0.1, 0.15) is 17.0 Å². The molecule has 134 valence electrons. The van der Waals surface area contributed by atoms with E-state index in [9.17, 15) is 19.3 Å². The van der Waals surface area contributed by atoms with Crippen LogP contribution in [0.1, 0.15) is 16.1 Å². The molecule has 0 fully saturated rings. The van der Waals surface area contributed by atoms with E-state index in [0.717, 1.165) is 10.9 Å². The normalized spacial score (nSPS) is 10.7. The Morgan fingerprint density at radius 3 is 2.92 bits per heavy atom. The first-order chi connectivity index (χ1) is 12.3. The topological polar surface area (TPSA) is 108 Å². The van der Waals surface area contributed by atoms with E-state index in [4.69, 9.17) is 11.6 Å². The van der Waals surface area contributed by atoms with Crippen molar-refractivity contribution in [2.45, 2.75) is 6.54 Å². The molecule has 1 amide bonds. The van der Waals surface area contributed by atoms with Crippen LogP contribution in [0.3, 0.4) is 0 Å². The molecule has 2 aromatic heterocycles. The van der Waals surface area contributed by atoms with Crippen LogP contribution in [0.4, 0.5) is 15.9 Å². The summed E-state index contributed by atoms with van der Waals surface area (Å²) >= 11 is 6.06. The van der Waals surface area contributed by atoms with Crippen LogP contribution >= 0.6 is 11.6 Å². The van der Waals surface area contributed by atoms with Crippen LogP contribution in [-0.4, -0.2) is 30.4 Å². The monoisotopic (exact) mass is 378 g/mol. The Balaban J connectivity index is 1.81. The smallest absolute Gasteiger partial charge is 0.302 e. The van der Waals surface area contributed by atoms with Crippen molar-refractivity contribution < 1.29 is 14.1 Å². The molecule has 0 radical (unpaired) electrons. The predicted octanol–water partition coefficient (Wildman–Crippen LogP) is 2.62. The third-order valence-corrected chi connectivity index (χ3v) is 3.79. The number of nitrogens with zero attached hydrogens (tertiary/aromatic N) is 5. The first kappa shape index (κ1) is 17.5. The second-order valence-corrected chi connectivity index (χ2v) is 5.77. The number of rotatable bonds is 5. The largest absolute Gasteiger partial charge is 0.320 e. The van der Waals surface area contributed by atoms with Crippen molar-refractivity contribution in [2.75, 3.05) is 5.32 Å². The van der Waals surface area contributed by atoms with E-state index in [1.54, 1.807) is 12.1 Å². The molecular weight excluding hydrogens is 367 g/mol. The highest BCUT2D eigenvalue weighted by Crippen LogP contribution is 2.23. The molecule has 0 aliphatic carbocycles. The van der Waals surface area contributed by atoms with Crippen LogP contribution in [0.2, 0.25) is 5.02 Å². The lowest BCUT2D eigenvalue weighted by molar-refractivity contribution is -0.385. The zero-order valence-electron chi connectivity index (χ0n) is 13.4. The predicted molar refractivity (Wildman–Crippen MR) is 90.6 cm³/mol. The number of amides is 1. The number of aromatic nitrogens is 4. The molecular formula is C15H12ClFN6O3. The summed E-state index contributed by atoms with van der Waals surface area (Å²) < 4.78 is 15.8. The van der Waals surface area contributed by atoms with Crippen LogP contribution < -0.4 is 5.32 Å². The third kappa shape index (κ3) is 3.54. The van der Waals surface area contributed by atoms with Gasteiger partial charge in [0.2, 0.25) is 5.69 Å². The Bertz CT molecular complexity index is 999. The molecule has 1 N–H and O–H groups in total. The molecule has 2 heterocycles. The Morgan fingerprint density at radius 2 is 2.23 bits per heavy atom. The van der Waals surface area contributed by atoms with Crippen molar-refractivity contribution in [3.8, 4) is 0 Å². The SMILES string of the molecule is Cn1ncc([N+](=O)[O-])c1C(=O)Nc1nn(Cc2cccc(F)c2)cc1Cl. The summed E-state index contributed by atoms with van der Waals surface area (Å²) in [5, 5.41) is 21.4. The van der Waals surface area contributed by atoms with Gasteiger partial charge in [0.05, 0.1) is 11.5 Å². The number of nitrogens with one attached hydrogen (secondary N) is 1. The molecule has 0 saturated carbocycles. The van der Waals surface area contributed by atoms with Crippen molar-refractivity contribution in [2.24, 2.45) is 7.05 Å². The molecule has 3 rings (SSSR count). The van der Waals surface area contributed by atoms with Crippen LogP contribution in [0.25, 0.3) is 0 Å². The van der Waals surface area contributed by atoms with Crippen molar-refractivity contribution in [3.63, 3.8) is 0 Å². The molecule has 0 bridgehead atoms. The minimum Gasteiger partial charge on any atom is -0.302 e. The third-order valence-electron chi connectivity index (χ3n) is 3.51. The first-order valence-electron chi connectivity index (χ1n) is 7.30. The summed E-state index contributed by atoms with van der Waals surface area (Å²) in [5.41, 5.74) is -0.00428. The van der Waals surface area contributed by atoms with E-state index in [0.29, 0.717) is 5.56 Å². The summed E-state index contributed by atoms with van der Waals surface area (Å²) in [5.74, 6) is -1.11. The van der Waals surface area contributed by atoms with Gasteiger partial charge in [0.15, 0.2) is 5.82 Å². The molecule has 0 aliphatic heterocycles. The number of halogens is 2. The van der Waals surface area contributed by atoms with Crippen LogP contribution in [0.15, 0.2) is 36.7 Å². The molecule has 0 saturated heterocycles. The number of nitro groups is 1. The van der Waals surface area contributed by atoms with Crippen LogP contribution in [0, 0.1) is 15.9 Å². The fourth-order valence-corrected chi connectivity index (χ4v) is 2.57. The first-order valence-corrected chi connectivity index (χ1v) is 7.68. The molecule has 9 nitrogen and oxygen atoms in total. The van der Waals surface area contributed by atoms with E-state index in [1.807, 2.05) is 0 Å². The van der Waals surface area contributed by atoms with E-state index >= 15 is 0 Å². The van der Waals surface area contributed by atoms with Crippen molar-refractivity contribution in [3.05, 3.63) is 68.9 Å². The standard InChI is InChI=1S/C15H12ClFN6O3/c1-21-13(12(6-18-21)23(25)26)15(24)19-14-11(16)8-22(20-14)7-9-3-2-4-10(17)5-9/h2-6,8H,7H2,1H3,(H,19,20,24). The second kappa shape index (κ2) is 6.92. The summed E-state index contributed by atoms with van der Waals surface area (Å²) in [4.78, 5) is 22.6. The number of benzene rings is 1. The van der Waals surface area contributed by atoms with Gasteiger partial charge in [-0.2, -0.15) is 10.2 Å². The number of hydrogen-bond donors (Lipinski definition) is 1. The zero-order valence-corrected chi connectivity index (χ0v) is 14.1. The van der Waals surface area contributed by atoms with Gasteiger partial charge in [-0.25, -0.2) is 4.39 Å². The highest BCUT2D eigenvalue weighted by Gasteiger charge is 2.26. The van der Waals surface area contributed by atoms with Crippen molar-refractivity contribution in [1.82, 2.24) is 19.6 Å². The van der Waals surface area contributed by atoms with Gasteiger partial charge < -0.3 is 5.32 Å². The summed E-state index contributed by atoms with van der Waals surface area (Å²) in [6, 6.07) is 5.97. The van der Waals surface area contributed by atoms with Gasteiger partial charge in [0, 0.05) is 13.2 Å². The van der Waals surface area contributed by atoms with Crippen molar-refractivity contribution in [1.29, 1.82) is 0 Å². The van der Waals surface area contributed by atoms with Gasteiger partial charge in [-0.1, -0.05) is 23.7 Å². The molecule has 0 spiro atoms. The second-order valence-electron chi connectivity index (χ2n) is 5.37. The summed E-state index contributed by atoms with van der Waals surface area (Å²) in [6.45, 7) is 0.235. The van der Waals surface area contributed by atoms with Crippen LogP contribution in [-0.2, 0) is 13.6 Å². The lowest BCUT2D eigenvalue weighted by Gasteiger charge is -2.03. The number of hydrogen-bond acceptors (Lipinski definition) is 5. The molecule has 1 aromatic carbocycles. The maximum absolute atomic E-state index is 13.2. The Kier molecular flexibility index (Phi) is 4.67. The molecule has 3 aromatic rings. The minimum atomic E-state index is -0.769. The summed E-state index contributed by atoms with van der Waals surface area (Å²) in [6.07, 6.45) is 2.44. The Hall–Kier alpha value is -3.27. The van der Waals surface area contributed by atoms with Gasteiger partial charge in [-0.15, -0.1) is 0 Å². The van der Waals surface area contributed by atoms with E-state index in [2.05, 4.69) is 15.5 Å². The number of anilines is 1. The van der Waals surface area contributed by atoms with E-state index in [-0.39, 0.29) is 28.9 Å². The molecule has 26 heavy (non-hydrogen) atoms. The van der Waals surface area contributed by atoms with Crippen molar-refractivity contribution >= 4 is 29.0 Å². The maximum Gasteiger partial charge on any atom is 0.320 e.